The van der Waals surface area contributed by atoms with E-state index in [2.05, 4.69) is 22.1 Å². The molecule has 8 heteroatoms. The normalized spacial score (nSPS) is 11.4. The van der Waals surface area contributed by atoms with Crippen LogP contribution in [0.2, 0.25) is 5.02 Å². The fraction of sp³-hybridized carbons (Fsp3) is 0.133. The Balaban J connectivity index is 1.92. The van der Waals surface area contributed by atoms with Crippen LogP contribution in [-0.4, -0.2) is 9.91 Å². The van der Waals surface area contributed by atoms with E-state index in [4.69, 9.17) is 11.6 Å². The predicted octanol–water partition coefficient (Wildman–Crippen LogP) is 5.84. The van der Waals surface area contributed by atoms with Crippen LogP contribution >= 0.6 is 22.9 Å². The van der Waals surface area contributed by atoms with Gasteiger partial charge in [-0.1, -0.05) is 42.0 Å². The number of non-ortho nitro benzene ring substituents is 1. The van der Waals surface area contributed by atoms with E-state index in [9.17, 15) is 10.1 Å². The third-order valence-corrected chi connectivity index (χ3v) is 4.40. The molecule has 3 aromatic rings. The number of thiazole rings is 1. The molecular formula is C15H11ClN4O2S. The van der Waals surface area contributed by atoms with Crippen molar-refractivity contribution in [3.05, 3.63) is 57.1 Å². The highest BCUT2D eigenvalue weighted by Crippen LogP contribution is 2.36. The Labute approximate surface area is 140 Å². The summed E-state index contributed by atoms with van der Waals surface area (Å²) in [5, 5.41) is 19.7. The highest BCUT2D eigenvalue weighted by atomic mass is 35.5. The van der Waals surface area contributed by atoms with Crippen molar-refractivity contribution < 1.29 is 4.92 Å². The standard InChI is InChI=1S/C15H11ClN4O2S/c1-2-9-3-5-10(6-4-9)18-19-15-17-14-12(16)7-11(20(21)22)8-13(14)23-15/h3-8H,2H2,1H3. The number of halogens is 1. The van der Waals surface area contributed by atoms with Crippen LogP contribution < -0.4 is 0 Å². The monoisotopic (exact) mass is 346 g/mol. The van der Waals surface area contributed by atoms with Gasteiger partial charge in [0.1, 0.15) is 5.52 Å². The van der Waals surface area contributed by atoms with Crippen molar-refractivity contribution in [2.45, 2.75) is 13.3 Å². The maximum absolute atomic E-state index is 10.9. The molecule has 0 radical (unpaired) electrons. The lowest BCUT2D eigenvalue weighted by Crippen LogP contribution is -1.87. The first-order valence-corrected chi connectivity index (χ1v) is 8.01. The maximum atomic E-state index is 10.9. The van der Waals surface area contributed by atoms with Crippen molar-refractivity contribution in [1.29, 1.82) is 0 Å². The van der Waals surface area contributed by atoms with Crippen molar-refractivity contribution in [1.82, 2.24) is 4.98 Å². The Morgan fingerprint density at radius 3 is 2.65 bits per heavy atom. The van der Waals surface area contributed by atoms with Crippen molar-refractivity contribution in [2.75, 3.05) is 0 Å². The average Bonchev–Trinajstić information content (AvgIpc) is 2.97. The molecule has 0 saturated carbocycles. The number of aromatic nitrogens is 1. The van der Waals surface area contributed by atoms with Crippen LogP contribution in [0.25, 0.3) is 10.2 Å². The van der Waals surface area contributed by atoms with E-state index in [0.717, 1.165) is 12.1 Å². The van der Waals surface area contributed by atoms with Crippen LogP contribution in [0.5, 0.6) is 0 Å². The number of nitrogens with zero attached hydrogens (tertiary/aromatic N) is 4. The number of rotatable bonds is 4. The minimum atomic E-state index is -0.485. The van der Waals surface area contributed by atoms with Crippen molar-refractivity contribution in [2.24, 2.45) is 10.2 Å². The molecule has 0 aliphatic heterocycles. The summed E-state index contributed by atoms with van der Waals surface area (Å²) in [4.78, 5) is 14.6. The van der Waals surface area contributed by atoms with Gasteiger partial charge in [0.05, 0.1) is 20.3 Å². The number of aryl methyl sites for hydroxylation is 1. The molecule has 116 valence electrons. The van der Waals surface area contributed by atoms with Gasteiger partial charge in [-0.05, 0) is 24.1 Å². The molecule has 0 spiro atoms. The summed E-state index contributed by atoms with van der Waals surface area (Å²) in [7, 11) is 0. The van der Waals surface area contributed by atoms with Crippen molar-refractivity contribution >= 4 is 49.7 Å². The number of benzene rings is 2. The van der Waals surface area contributed by atoms with E-state index < -0.39 is 4.92 Å². The Morgan fingerprint density at radius 1 is 1.26 bits per heavy atom. The van der Waals surface area contributed by atoms with Crippen molar-refractivity contribution in [3.8, 4) is 0 Å². The van der Waals surface area contributed by atoms with Crippen LogP contribution in [0, 0.1) is 10.1 Å². The zero-order chi connectivity index (χ0) is 16.4. The van der Waals surface area contributed by atoms with Gasteiger partial charge < -0.3 is 0 Å². The van der Waals surface area contributed by atoms with Gasteiger partial charge in [0.25, 0.3) is 5.69 Å². The fourth-order valence-corrected chi connectivity index (χ4v) is 3.17. The second kappa shape index (κ2) is 6.39. The molecule has 0 bridgehead atoms. The predicted molar refractivity (Wildman–Crippen MR) is 91.3 cm³/mol. The molecule has 3 rings (SSSR count). The zero-order valence-electron chi connectivity index (χ0n) is 12.1. The topological polar surface area (TPSA) is 80.8 Å². The van der Waals surface area contributed by atoms with E-state index in [1.807, 2.05) is 24.3 Å². The molecule has 0 aliphatic rings. The molecule has 0 aliphatic carbocycles. The largest absolute Gasteiger partial charge is 0.272 e. The van der Waals surface area contributed by atoms with E-state index >= 15 is 0 Å². The second-order valence-electron chi connectivity index (χ2n) is 4.75. The highest BCUT2D eigenvalue weighted by Gasteiger charge is 2.14. The lowest BCUT2D eigenvalue weighted by Gasteiger charge is -1.95. The first-order chi connectivity index (χ1) is 11.1. The van der Waals surface area contributed by atoms with Crippen LogP contribution in [0.15, 0.2) is 46.6 Å². The number of hydrogen-bond acceptors (Lipinski definition) is 6. The van der Waals surface area contributed by atoms with Crippen LogP contribution in [-0.2, 0) is 6.42 Å². The lowest BCUT2D eigenvalue weighted by molar-refractivity contribution is -0.384. The lowest BCUT2D eigenvalue weighted by atomic mass is 10.2. The SMILES string of the molecule is CCc1ccc(N=Nc2nc3c(Cl)cc([N+](=O)[O-])cc3s2)cc1. The molecule has 0 fully saturated rings. The molecule has 0 unspecified atom stereocenters. The van der Waals surface area contributed by atoms with E-state index in [1.165, 1.54) is 29.0 Å². The first-order valence-electron chi connectivity index (χ1n) is 6.82. The van der Waals surface area contributed by atoms with Gasteiger partial charge in [-0.15, -0.1) is 10.2 Å². The zero-order valence-corrected chi connectivity index (χ0v) is 13.6. The van der Waals surface area contributed by atoms with E-state index in [0.29, 0.717) is 15.3 Å². The quantitative estimate of drug-likeness (QED) is 0.338. The summed E-state index contributed by atoms with van der Waals surface area (Å²) in [5.74, 6) is 0. The molecule has 2 aromatic carbocycles. The minimum Gasteiger partial charge on any atom is -0.258 e. The van der Waals surface area contributed by atoms with E-state index in [1.54, 1.807) is 0 Å². The Bertz CT molecular complexity index is 906. The Hall–Kier alpha value is -2.38. The number of nitro benzene ring substituents is 1. The molecule has 0 amide bonds. The maximum Gasteiger partial charge on any atom is 0.272 e. The third kappa shape index (κ3) is 3.35. The summed E-state index contributed by atoms with van der Waals surface area (Å²) in [6, 6.07) is 10.5. The molecule has 0 saturated heterocycles. The molecule has 0 atom stereocenters. The van der Waals surface area contributed by atoms with Crippen LogP contribution in [0.4, 0.5) is 16.5 Å². The first kappa shape index (κ1) is 15.5. The van der Waals surface area contributed by atoms with Gasteiger partial charge in [-0.25, -0.2) is 4.98 Å². The van der Waals surface area contributed by atoms with Crippen LogP contribution in [0.1, 0.15) is 12.5 Å². The van der Waals surface area contributed by atoms with Gasteiger partial charge >= 0.3 is 0 Å². The van der Waals surface area contributed by atoms with E-state index in [-0.39, 0.29) is 10.7 Å². The molecule has 6 nitrogen and oxygen atoms in total. The molecule has 1 heterocycles. The molecule has 23 heavy (non-hydrogen) atoms. The van der Waals surface area contributed by atoms with Gasteiger partial charge in [0, 0.05) is 12.1 Å². The third-order valence-electron chi connectivity index (χ3n) is 3.23. The van der Waals surface area contributed by atoms with Gasteiger partial charge in [-0.3, -0.25) is 10.1 Å². The second-order valence-corrected chi connectivity index (χ2v) is 6.16. The number of hydrogen-bond donors (Lipinski definition) is 0. The van der Waals surface area contributed by atoms with Gasteiger partial charge in [-0.2, -0.15) is 0 Å². The minimum absolute atomic E-state index is 0.0650. The highest BCUT2D eigenvalue weighted by molar-refractivity contribution is 7.22. The Kier molecular flexibility index (Phi) is 4.31. The molecular weight excluding hydrogens is 336 g/mol. The Morgan fingerprint density at radius 2 is 2.00 bits per heavy atom. The summed E-state index contributed by atoms with van der Waals surface area (Å²) in [6.45, 7) is 2.08. The molecule has 0 N–H and O–H groups in total. The van der Waals surface area contributed by atoms with Crippen LogP contribution in [0.3, 0.4) is 0 Å². The molecule has 1 aromatic heterocycles. The summed E-state index contributed by atoms with van der Waals surface area (Å²) < 4.78 is 0.611. The average molecular weight is 347 g/mol. The number of nitro groups is 1. The number of fused-ring (bicyclic) bond motifs is 1. The smallest absolute Gasteiger partial charge is 0.258 e. The summed E-state index contributed by atoms with van der Waals surface area (Å²) in [5.41, 5.74) is 2.38. The van der Waals surface area contributed by atoms with Crippen molar-refractivity contribution in [3.63, 3.8) is 0 Å². The fourth-order valence-electron chi connectivity index (χ4n) is 2.01. The number of azo groups is 1. The van der Waals surface area contributed by atoms with Gasteiger partial charge in [0.15, 0.2) is 0 Å². The summed E-state index contributed by atoms with van der Waals surface area (Å²) in [6.07, 6.45) is 0.965. The van der Waals surface area contributed by atoms with Gasteiger partial charge in [0.2, 0.25) is 5.13 Å². The summed E-state index contributed by atoms with van der Waals surface area (Å²) >= 11 is 7.25.